The predicted octanol–water partition coefficient (Wildman–Crippen LogP) is 2.60. The molecule has 5 heteroatoms. The van der Waals surface area contributed by atoms with Crippen molar-refractivity contribution in [1.82, 2.24) is 9.78 Å². The van der Waals surface area contributed by atoms with Crippen LogP contribution in [-0.2, 0) is 10.2 Å². The summed E-state index contributed by atoms with van der Waals surface area (Å²) in [6.07, 6.45) is -1.60. The molecule has 1 unspecified atom stereocenters. The smallest absolute Gasteiger partial charge is 0.338 e. The average molecular weight is 288 g/mol. The van der Waals surface area contributed by atoms with Crippen LogP contribution in [0.3, 0.4) is 0 Å². The summed E-state index contributed by atoms with van der Waals surface area (Å²) in [5.74, 6) is -1.29. The number of carbonyl (C=O) groups is 1. The van der Waals surface area contributed by atoms with E-state index in [2.05, 4.69) is 5.10 Å². The molecule has 112 valence electrons. The molecule has 1 heterocycles. The minimum Gasteiger partial charge on any atom is -0.479 e. The zero-order chi connectivity index (χ0) is 15.8. The van der Waals surface area contributed by atoms with Gasteiger partial charge in [-0.15, -0.1) is 0 Å². The minimum atomic E-state index is -1.60. The van der Waals surface area contributed by atoms with E-state index in [0.29, 0.717) is 0 Å². The van der Waals surface area contributed by atoms with E-state index in [4.69, 9.17) is 5.11 Å². The third-order valence-electron chi connectivity index (χ3n) is 3.30. The first-order valence-corrected chi connectivity index (χ1v) is 6.78. The lowest BCUT2D eigenvalue weighted by atomic mass is 9.92. The van der Waals surface area contributed by atoms with E-state index in [1.54, 1.807) is 6.07 Å². The van der Waals surface area contributed by atoms with Gasteiger partial charge in [0, 0.05) is 5.41 Å². The van der Waals surface area contributed by atoms with Crippen LogP contribution in [0.2, 0.25) is 0 Å². The lowest BCUT2D eigenvalue weighted by molar-refractivity contribution is -0.147. The van der Waals surface area contributed by atoms with E-state index in [1.165, 1.54) is 4.68 Å². The summed E-state index contributed by atoms with van der Waals surface area (Å²) in [6.45, 7) is 7.95. The molecule has 1 aromatic carbocycles. The maximum atomic E-state index is 11.1. The van der Waals surface area contributed by atoms with Gasteiger partial charge in [0.1, 0.15) is 0 Å². The number of aliphatic carboxylic acids is 1. The molecule has 0 aliphatic heterocycles. The van der Waals surface area contributed by atoms with Crippen LogP contribution in [0.1, 0.15) is 43.8 Å². The molecule has 0 saturated heterocycles. The highest BCUT2D eigenvalue weighted by atomic mass is 16.4. The molecule has 21 heavy (non-hydrogen) atoms. The molecular formula is C16H20N2O3. The van der Waals surface area contributed by atoms with Crippen molar-refractivity contribution in [3.8, 4) is 5.69 Å². The van der Waals surface area contributed by atoms with Gasteiger partial charge in [0.05, 0.1) is 17.1 Å². The molecule has 0 aliphatic rings. The van der Waals surface area contributed by atoms with Gasteiger partial charge >= 0.3 is 5.97 Å². The fraction of sp³-hybridized carbons (Fsp3) is 0.375. The predicted molar refractivity (Wildman–Crippen MR) is 79.6 cm³/mol. The molecule has 2 rings (SSSR count). The Hall–Kier alpha value is -2.14. The van der Waals surface area contributed by atoms with Crippen LogP contribution in [-0.4, -0.2) is 26.0 Å². The van der Waals surface area contributed by atoms with E-state index < -0.39 is 12.1 Å². The highest BCUT2D eigenvalue weighted by Gasteiger charge is 2.27. The van der Waals surface area contributed by atoms with Crippen molar-refractivity contribution in [1.29, 1.82) is 0 Å². The summed E-state index contributed by atoms with van der Waals surface area (Å²) < 4.78 is 1.50. The number of aliphatic hydroxyl groups excluding tert-OH is 1. The Labute approximate surface area is 123 Å². The molecule has 0 spiro atoms. The van der Waals surface area contributed by atoms with Crippen LogP contribution in [0.25, 0.3) is 5.69 Å². The van der Waals surface area contributed by atoms with Crippen molar-refractivity contribution < 1.29 is 15.0 Å². The Morgan fingerprint density at radius 2 is 1.81 bits per heavy atom. The highest BCUT2D eigenvalue weighted by Crippen LogP contribution is 2.27. The van der Waals surface area contributed by atoms with Crippen molar-refractivity contribution in [3.63, 3.8) is 0 Å². The van der Waals surface area contributed by atoms with Gasteiger partial charge in [-0.25, -0.2) is 9.48 Å². The van der Waals surface area contributed by atoms with Gasteiger partial charge in [0.15, 0.2) is 6.10 Å². The molecule has 0 radical (unpaired) electrons. The topological polar surface area (TPSA) is 75.3 Å². The van der Waals surface area contributed by atoms with E-state index in [0.717, 1.165) is 16.9 Å². The van der Waals surface area contributed by atoms with Crippen molar-refractivity contribution >= 4 is 5.97 Å². The zero-order valence-corrected chi connectivity index (χ0v) is 12.7. The van der Waals surface area contributed by atoms with Crippen molar-refractivity contribution in [2.75, 3.05) is 0 Å². The highest BCUT2D eigenvalue weighted by molar-refractivity contribution is 5.73. The fourth-order valence-electron chi connectivity index (χ4n) is 1.98. The van der Waals surface area contributed by atoms with E-state index in [-0.39, 0.29) is 11.1 Å². The number of carboxylic acid groups (broad SMARTS) is 1. The standard InChI is InChI=1S/C16H20N2O3/c1-10-5-7-11(8-6-10)18-12(14(19)15(20)21)9-13(17-18)16(2,3)4/h5-9,14,19H,1-4H3,(H,20,21). The Kier molecular flexibility index (Phi) is 3.87. The molecule has 0 aliphatic carbocycles. The van der Waals surface area contributed by atoms with Crippen molar-refractivity contribution in [2.24, 2.45) is 0 Å². The Morgan fingerprint density at radius 1 is 1.24 bits per heavy atom. The molecule has 1 aromatic heterocycles. The second-order valence-corrected chi connectivity index (χ2v) is 6.19. The first-order chi connectivity index (χ1) is 9.70. The van der Waals surface area contributed by atoms with Crippen molar-refractivity contribution in [3.05, 3.63) is 47.3 Å². The summed E-state index contributed by atoms with van der Waals surface area (Å²) in [6, 6.07) is 9.20. The number of hydrogen-bond donors (Lipinski definition) is 2. The second kappa shape index (κ2) is 5.33. The van der Waals surface area contributed by atoms with Gasteiger partial charge in [-0.3, -0.25) is 0 Å². The molecule has 0 amide bonds. The molecule has 0 saturated carbocycles. The van der Waals surface area contributed by atoms with E-state index in [1.807, 2.05) is 52.0 Å². The third-order valence-corrected chi connectivity index (χ3v) is 3.30. The first-order valence-electron chi connectivity index (χ1n) is 6.78. The van der Waals surface area contributed by atoms with Gasteiger partial charge in [-0.05, 0) is 25.1 Å². The Bertz CT molecular complexity index is 651. The van der Waals surface area contributed by atoms with E-state index in [9.17, 15) is 9.90 Å². The van der Waals surface area contributed by atoms with Gasteiger partial charge < -0.3 is 10.2 Å². The number of aromatic nitrogens is 2. The van der Waals surface area contributed by atoms with Gasteiger partial charge in [0.25, 0.3) is 0 Å². The minimum absolute atomic E-state index is 0.233. The largest absolute Gasteiger partial charge is 0.479 e. The molecule has 2 aromatic rings. The fourth-order valence-corrected chi connectivity index (χ4v) is 1.98. The number of aryl methyl sites for hydroxylation is 1. The number of nitrogens with zero attached hydrogens (tertiary/aromatic N) is 2. The maximum Gasteiger partial charge on any atom is 0.338 e. The molecule has 0 bridgehead atoms. The quantitative estimate of drug-likeness (QED) is 0.910. The number of benzene rings is 1. The van der Waals surface area contributed by atoms with Crippen LogP contribution in [0.4, 0.5) is 0 Å². The SMILES string of the molecule is Cc1ccc(-n2nc(C(C)(C)C)cc2C(O)C(=O)O)cc1. The summed E-state index contributed by atoms with van der Waals surface area (Å²) in [4.78, 5) is 11.1. The molecule has 0 fully saturated rings. The number of rotatable bonds is 3. The number of hydrogen-bond acceptors (Lipinski definition) is 3. The van der Waals surface area contributed by atoms with Crippen LogP contribution >= 0.6 is 0 Å². The molecule has 5 nitrogen and oxygen atoms in total. The van der Waals surface area contributed by atoms with Crippen LogP contribution < -0.4 is 0 Å². The summed E-state index contributed by atoms with van der Waals surface area (Å²) in [7, 11) is 0. The Balaban J connectivity index is 2.59. The Morgan fingerprint density at radius 3 is 2.29 bits per heavy atom. The molecule has 2 N–H and O–H groups in total. The van der Waals surface area contributed by atoms with Crippen molar-refractivity contribution in [2.45, 2.75) is 39.2 Å². The molecular weight excluding hydrogens is 268 g/mol. The number of carboxylic acids is 1. The second-order valence-electron chi connectivity index (χ2n) is 6.19. The zero-order valence-electron chi connectivity index (χ0n) is 12.7. The summed E-state index contributed by atoms with van der Waals surface area (Å²) >= 11 is 0. The lowest BCUT2D eigenvalue weighted by Gasteiger charge is -2.14. The average Bonchev–Trinajstić information content (AvgIpc) is 2.83. The normalized spacial score (nSPS) is 13.2. The van der Waals surface area contributed by atoms with Gasteiger partial charge in [-0.1, -0.05) is 38.5 Å². The third kappa shape index (κ3) is 3.13. The van der Waals surface area contributed by atoms with Crippen LogP contribution in [0.5, 0.6) is 0 Å². The first kappa shape index (κ1) is 15.3. The lowest BCUT2D eigenvalue weighted by Crippen LogP contribution is -2.15. The molecule has 1 atom stereocenters. The summed E-state index contributed by atoms with van der Waals surface area (Å²) in [5.41, 5.74) is 2.59. The van der Waals surface area contributed by atoms with E-state index >= 15 is 0 Å². The van der Waals surface area contributed by atoms with Gasteiger partial charge in [0.2, 0.25) is 0 Å². The van der Waals surface area contributed by atoms with Crippen LogP contribution in [0, 0.1) is 6.92 Å². The number of aliphatic hydroxyl groups is 1. The monoisotopic (exact) mass is 288 g/mol. The summed E-state index contributed by atoms with van der Waals surface area (Å²) in [5, 5.41) is 23.5. The van der Waals surface area contributed by atoms with Gasteiger partial charge in [-0.2, -0.15) is 5.10 Å². The van der Waals surface area contributed by atoms with Crippen LogP contribution in [0.15, 0.2) is 30.3 Å². The maximum absolute atomic E-state index is 11.1.